The van der Waals surface area contributed by atoms with Crippen LogP contribution in [0.4, 0.5) is 5.82 Å². The van der Waals surface area contributed by atoms with Crippen LogP contribution in [0.3, 0.4) is 0 Å². The molecule has 4 heterocycles. The number of fused-ring (bicyclic) bond motifs is 2. The number of nitriles is 1. The molecule has 0 unspecified atom stereocenters. The number of allylic oxidation sites excluding steroid dienone is 1. The van der Waals surface area contributed by atoms with Crippen LogP contribution in [0.5, 0.6) is 0 Å². The minimum Gasteiger partial charge on any atom is -0.378 e. The molecule has 0 amide bonds. The molecule has 1 aliphatic heterocycles. The number of hydrogen-bond donors (Lipinski definition) is 0. The van der Waals surface area contributed by atoms with Crippen molar-refractivity contribution in [3.05, 3.63) is 69.6 Å². The first-order valence-electron chi connectivity index (χ1n) is 9.56. The minimum atomic E-state index is -0.212. The van der Waals surface area contributed by atoms with E-state index in [-0.39, 0.29) is 5.56 Å². The number of ether oxygens (including phenoxy) is 1. The highest BCUT2D eigenvalue weighted by Crippen LogP contribution is 2.29. The maximum Gasteiger partial charge on any atom is 0.267 e. The van der Waals surface area contributed by atoms with Gasteiger partial charge >= 0.3 is 0 Å². The topological polar surface area (TPSA) is 83.5 Å². The first-order chi connectivity index (χ1) is 14.7. The molecule has 30 heavy (non-hydrogen) atoms. The molecule has 0 atom stereocenters. The van der Waals surface area contributed by atoms with E-state index in [0.29, 0.717) is 53.9 Å². The Labute approximate surface area is 176 Å². The van der Waals surface area contributed by atoms with E-state index < -0.39 is 0 Å². The normalized spacial score (nSPS) is 14.9. The van der Waals surface area contributed by atoms with Crippen LogP contribution in [-0.2, 0) is 4.74 Å². The van der Waals surface area contributed by atoms with E-state index in [1.54, 1.807) is 24.4 Å². The van der Waals surface area contributed by atoms with Gasteiger partial charge in [-0.3, -0.25) is 9.20 Å². The Hall–Kier alpha value is -3.54. The van der Waals surface area contributed by atoms with Crippen molar-refractivity contribution in [2.45, 2.75) is 0 Å². The Morgan fingerprint density at radius 3 is 2.73 bits per heavy atom. The van der Waals surface area contributed by atoms with Crippen LogP contribution in [0.15, 0.2) is 53.5 Å². The summed E-state index contributed by atoms with van der Waals surface area (Å²) < 4.78 is 7.95. The standard InChI is InChI=1S/C22H17N5O2S/c23-14-15(21-24-17-5-1-2-6-18(17)30-21)13-16-20(26-9-11-29-12-10-26)25-19-7-3-4-8-27(19)22(16)28/h1-8,13H,9-12H2. The summed E-state index contributed by atoms with van der Waals surface area (Å²) in [5.74, 6) is 0.573. The lowest BCUT2D eigenvalue weighted by Gasteiger charge is -2.29. The van der Waals surface area contributed by atoms with E-state index in [4.69, 9.17) is 9.72 Å². The van der Waals surface area contributed by atoms with Crippen LogP contribution >= 0.6 is 11.3 Å². The van der Waals surface area contributed by atoms with Crippen LogP contribution in [0.1, 0.15) is 10.6 Å². The molecular weight excluding hydrogens is 398 g/mol. The highest BCUT2D eigenvalue weighted by Gasteiger charge is 2.21. The third kappa shape index (κ3) is 3.24. The lowest BCUT2D eigenvalue weighted by Crippen LogP contribution is -2.38. The molecule has 0 saturated carbocycles. The van der Waals surface area contributed by atoms with E-state index in [0.717, 1.165) is 10.2 Å². The number of nitrogens with zero attached hydrogens (tertiary/aromatic N) is 5. The zero-order valence-corrected chi connectivity index (χ0v) is 16.8. The molecule has 7 nitrogen and oxygen atoms in total. The minimum absolute atomic E-state index is 0.212. The van der Waals surface area contributed by atoms with Gasteiger partial charge in [0.15, 0.2) is 0 Å². The van der Waals surface area contributed by atoms with Crippen molar-refractivity contribution in [2.24, 2.45) is 0 Å². The predicted octanol–water partition coefficient (Wildman–Crippen LogP) is 3.20. The van der Waals surface area contributed by atoms with E-state index in [9.17, 15) is 10.1 Å². The van der Waals surface area contributed by atoms with Crippen LogP contribution in [-0.4, -0.2) is 40.7 Å². The van der Waals surface area contributed by atoms with Gasteiger partial charge in [-0.2, -0.15) is 5.26 Å². The largest absolute Gasteiger partial charge is 0.378 e. The number of morpholine rings is 1. The highest BCUT2D eigenvalue weighted by atomic mass is 32.1. The number of hydrogen-bond acceptors (Lipinski definition) is 7. The fraction of sp³-hybridized carbons (Fsp3) is 0.182. The van der Waals surface area contributed by atoms with Gasteiger partial charge in [0.1, 0.15) is 22.5 Å². The third-order valence-electron chi connectivity index (χ3n) is 4.99. The highest BCUT2D eigenvalue weighted by molar-refractivity contribution is 7.19. The van der Waals surface area contributed by atoms with Crippen molar-refractivity contribution < 1.29 is 4.74 Å². The summed E-state index contributed by atoms with van der Waals surface area (Å²) in [4.78, 5) is 24.7. The first kappa shape index (κ1) is 18.5. The summed E-state index contributed by atoms with van der Waals surface area (Å²) in [6.45, 7) is 2.42. The van der Waals surface area contributed by atoms with Gasteiger partial charge in [0.2, 0.25) is 0 Å². The molecule has 1 fully saturated rings. The molecule has 148 valence electrons. The Morgan fingerprint density at radius 1 is 1.13 bits per heavy atom. The molecule has 1 saturated heterocycles. The summed E-state index contributed by atoms with van der Waals surface area (Å²) in [6, 6.07) is 15.4. The Bertz CT molecular complexity index is 1340. The quantitative estimate of drug-likeness (QED) is 0.478. The molecule has 0 spiro atoms. The van der Waals surface area contributed by atoms with Crippen LogP contribution < -0.4 is 10.5 Å². The number of rotatable bonds is 3. The smallest absolute Gasteiger partial charge is 0.267 e. The molecule has 5 rings (SSSR count). The SMILES string of the molecule is N#CC(=Cc1c(N2CCOCC2)nc2ccccn2c1=O)c1nc2ccccc2s1. The maximum absolute atomic E-state index is 13.3. The van der Waals surface area contributed by atoms with E-state index >= 15 is 0 Å². The van der Waals surface area contributed by atoms with E-state index in [2.05, 4.69) is 11.1 Å². The molecule has 0 bridgehead atoms. The monoisotopic (exact) mass is 415 g/mol. The van der Waals surface area contributed by atoms with Crippen LogP contribution in [0, 0.1) is 11.3 Å². The van der Waals surface area contributed by atoms with Gasteiger partial charge in [-0.05, 0) is 30.3 Å². The molecule has 8 heteroatoms. The van der Waals surface area contributed by atoms with Crippen molar-refractivity contribution in [2.75, 3.05) is 31.2 Å². The number of pyridine rings is 1. The average Bonchev–Trinajstić information content (AvgIpc) is 3.23. The predicted molar refractivity (Wildman–Crippen MR) is 118 cm³/mol. The van der Waals surface area contributed by atoms with Crippen molar-refractivity contribution in [3.63, 3.8) is 0 Å². The van der Waals surface area contributed by atoms with Gasteiger partial charge < -0.3 is 9.64 Å². The number of aromatic nitrogens is 3. The van der Waals surface area contributed by atoms with Crippen molar-refractivity contribution in [3.8, 4) is 6.07 Å². The molecule has 0 aliphatic carbocycles. The summed E-state index contributed by atoms with van der Waals surface area (Å²) in [7, 11) is 0. The summed E-state index contributed by atoms with van der Waals surface area (Å²) in [6.07, 6.45) is 3.31. The molecule has 1 aliphatic rings. The second-order valence-corrected chi connectivity index (χ2v) is 7.87. The number of benzene rings is 1. The maximum atomic E-state index is 13.3. The zero-order chi connectivity index (χ0) is 20.5. The first-order valence-corrected chi connectivity index (χ1v) is 10.4. The number of para-hydroxylation sites is 1. The summed E-state index contributed by atoms with van der Waals surface area (Å²) >= 11 is 1.44. The van der Waals surface area contributed by atoms with E-state index in [1.807, 2.05) is 35.2 Å². The molecule has 0 radical (unpaired) electrons. The molecule has 1 aromatic carbocycles. The average molecular weight is 415 g/mol. The Morgan fingerprint density at radius 2 is 1.93 bits per heavy atom. The van der Waals surface area contributed by atoms with Crippen LogP contribution in [0.2, 0.25) is 0 Å². The zero-order valence-electron chi connectivity index (χ0n) is 16.0. The van der Waals surface area contributed by atoms with Gasteiger partial charge in [-0.25, -0.2) is 9.97 Å². The number of anilines is 1. The van der Waals surface area contributed by atoms with Crippen molar-refractivity contribution in [1.82, 2.24) is 14.4 Å². The lowest BCUT2D eigenvalue weighted by molar-refractivity contribution is 0.122. The van der Waals surface area contributed by atoms with E-state index in [1.165, 1.54) is 15.7 Å². The van der Waals surface area contributed by atoms with Gasteiger partial charge in [-0.15, -0.1) is 11.3 Å². The lowest BCUT2D eigenvalue weighted by atomic mass is 10.1. The molecule has 4 aromatic rings. The molecule has 0 N–H and O–H groups in total. The third-order valence-corrected chi connectivity index (χ3v) is 6.06. The fourth-order valence-electron chi connectivity index (χ4n) is 3.51. The fourth-order valence-corrected chi connectivity index (χ4v) is 4.44. The summed E-state index contributed by atoms with van der Waals surface area (Å²) in [5.41, 5.74) is 1.92. The Balaban J connectivity index is 1.72. The summed E-state index contributed by atoms with van der Waals surface area (Å²) in [5, 5.41) is 10.4. The van der Waals surface area contributed by atoms with Gasteiger partial charge in [-0.1, -0.05) is 18.2 Å². The van der Waals surface area contributed by atoms with Crippen molar-refractivity contribution in [1.29, 1.82) is 5.26 Å². The van der Waals surface area contributed by atoms with Crippen molar-refractivity contribution >= 4 is 44.7 Å². The Kier molecular flexibility index (Phi) is 4.75. The van der Waals surface area contributed by atoms with Gasteiger partial charge in [0, 0.05) is 19.3 Å². The van der Waals surface area contributed by atoms with Gasteiger partial charge in [0.25, 0.3) is 5.56 Å². The second kappa shape index (κ2) is 7.71. The van der Waals surface area contributed by atoms with Gasteiger partial charge in [0.05, 0.1) is 34.6 Å². The van der Waals surface area contributed by atoms with Crippen LogP contribution in [0.25, 0.3) is 27.5 Å². The molecule has 3 aromatic heterocycles. The number of thiazole rings is 1. The second-order valence-electron chi connectivity index (χ2n) is 6.84. The molecular formula is C22H17N5O2S.